The van der Waals surface area contributed by atoms with Gasteiger partial charge >= 0.3 is 0 Å². The Balaban J connectivity index is 1.43. The van der Waals surface area contributed by atoms with Gasteiger partial charge in [-0.1, -0.05) is 12.1 Å². The first-order chi connectivity index (χ1) is 17.5. The van der Waals surface area contributed by atoms with Crippen molar-refractivity contribution in [1.82, 2.24) is 19.5 Å². The van der Waals surface area contributed by atoms with Crippen molar-refractivity contribution < 1.29 is 19.1 Å². The van der Waals surface area contributed by atoms with Gasteiger partial charge in [-0.2, -0.15) is 0 Å². The number of nitrogens with two attached hydrogens (primary N) is 1. The predicted molar refractivity (Wildman–Crippen MR) is 134 cm³/mol. The van der Waals surface area contributed by atoms with E-state index in [-0.39, 0.29) is 17.5 Å². The number of ether oxygens (including phenoxy) is 2. The minimum absolute atomic E-state index is 0.174. The zero-order valence-electron chi connectivity index (χ0n) is 19.7. The molecule has 2 aromatic carbocycles. The fourth-order valence-corrected chi connectivity index (χ4v) is 4.66. The molecule has 2 amide bonds. The monoisotopic (exact) mass is 483 g/mol. The molecule has 3 N–H and O–H groups in total. The maximum absolute atomic E-state index is 12.4. The molecule has 0 atom stereocenters. The van der Waals surface area contributed by atoms with Gasteiger partial charge in [0, 0.05) is 30.4 Å². The number of likely N-dealkylation sites (tertiary alicyclic amines) is 1. The quantitative estimate of drug-likeness (QED) is 0.407. The van der Waals surface area contributed by atoms with Gasteiger partial charge in [-0.25, -0.2) is 9.50 Å². The minimum Gasteiger partial charge on any atom is -0.493 e. The van der Waals surface area contributed by atoms with Crippen LogP contribution in [0.3, 0.4) is 0 Å². The summed E-state index contributed by atoms with van der Waals surface area (Å²) >= 11 is 0. The van der Waals surface area contributed by atoms with Crippen LogP contribution < -0.4 is 15.2 Å². The van der Waals surface area contributed by atoms with Gasteiger partial charge in [0.05, 0.1) is 7.11 Å². The number of nitrogens with one attached hydrogen (secondary N) is 1. The van der Waals surface area contributed by atoms with Crippen molar-refractivity contribution in [3.8, 4) is 40.8 Å². The number of benzene rings is 2. The SMILES string of the molecule is C#CC(=O)N1CCC(c2c[nH]n3c(C(N)=O)c(-c4ccc(Oc5ccccc5OC)cc4)nc23)CC1. The highest BCUT2D eigenvalue weighted by molar-refractivity contribution is 5.98. The summed E-state index contributed by atoms with van der Waals surface area (Å²) in [5, 5.41) is 3.13. The lowest BCUT2D eigenvalue weighted by Gasteiger charge is -2.30. The number of hydrogen-bond donors (Lipinski definition) is 2. The third-order valence-electron chi connectivity index (χ3n) is 6.49. The van der Waals surface area contributed by atoms with Crippen LogP contribution in [0.5, 0.6) is 17.2 Å². The zero-order valence-corrected chi connectivity index (χ0v) is 19.7. The molecular weight excluding hydrogens is 458 g/mol. The standard InChI is InChI=1S/C27H25N5O4/c1-3-23(33)31-14-12-17(13-15-31)20-16-29-32-25(26(28)34)24(30-27(20)32)18-8-10-19(11-9-18)36-22-7-5-4-6-21(22)35-2/h1,4-11,16-17,29H,12-15H2,2H3,(H2,28,34). The highest BCUT2D eigenvalue weighted by Gasteiger charge is 2.28. The Bertz CT molecular complexity index is 1470. The Morgan fingerprint density at radius 1 is 1.11 bits per heavy atom. The lowest BCUT2D eigenvalue weighted by Crippen LogP contribution is -2.37. The van der Waals surface area contributed by atoms with E-state index in [2.05, 4.69) is 11.0 Å². The molecule has 0 aliphatic carbocycles. The Morgan fingerprint density at radius 3 is 2.44 bits per heavy atom. The fourth-order valence-electron chi connectivity index (χ4n) is 4.66. The van der Waals surface area contributed by atoms with Gasteiger partial charge in [-0.3, -0.25) is 14.7 Å². The number of methoxy groups -OCH3 is 1. The predicted octanol–water partition coefficient (Wildman–Crippen LogP) is 3.57. The molecule has 5 rings (SSSR count). The summed E-state index contributed by atoms with van der Waals surface area (Å²) in [5.41, 5.74) is 8.88. The van der Waals surface area contributed by atoms with Crippen molar-refractivity contribution in [2.75, 3.05) is 20.2 Å². The summed E-state index contributed by atoms with van der Waals surface area (Å²) in [7, 11) is 1.59. The molecule has 1 aliphatic rings. The molecule has 9 nitrogen and oxygen atoms in total. The molecule has 3 heterocycles. The first-order valence-corrected chi connectivity index (χ1v) is 11.6. The molecule has 1 aliphatic heterocycles. The van der Waals surface area contributed by atoms with E-state index in [9.17, 15) is 9.59 Å². The number of amides is 2. The average molecular weight is 484 g/mol. The van der Waals surface area contributed by atoms with Crippen LogP contribution in [0, 0.1) is 12.3 Å². The molecule has 9 heteroatoms. The van der Waals surface area contributed by atoms with E-state index >= 15 is 0 Å². The largest absolute Gasteiger partial charge is 0.493 e. The normalized spacial score (nSPS) is 13.9. The van der Waals surface area contributed by atoms with E-state index in [1.807, 2.05) is 42.6 Å². The van der Waals surface area contributed by atoms with Crippen LogP contribution in [0.4, 0.5) is 0 Å². The van der Waals surface area contributed by atoms with Gasteiger partial charge in [0.15, 0.2) is 22.8 Å². The van der Waals surface area contributed by atoms with E-state index in [0.29, 0.717) is 41.7 Å². The van der Waals surface area contributed by atoms with Gasteiger partial charge in [-0.05, 0) is 61.1 Å². The number of para-hydroxylation sites is 2. The van der Waals surface area contributed by atoms with E-state index < -0.39 is 5.91 Å². The number of terminal acetylenes is 1. The molecular formula is C27H25N5O4. The lowest BCUT2D eigenvalue weighted by molar-refractivity contribution is -0.126. The number of piperidine rings is 1. The van der Waals surface area contributed by atoms with Gasteiger partial charge in [0.25, 0.3) is 11.8 Å². The Kier molecular flexibility index (Phi) is 6.09. The number of imidazole rings is 1. The molecule has 4 aromatic rings. The van der Waals surface area contributed by atoms with E-state index in [1.54, 1.807) is 28.7 Å². The zero-order chi connectivity index (χ0) is 25.2. The average Bonchev–Trinajstić information content (AvgIpc) is 3.48. The second kappa shape index (κ2) is 9.50. The highest BCUT2D eigenvalue weighted by Crippen LogP contribution is 2.35. The number of rotatable bonds is 6. The van der Waals surface area contributed by atoms with Gasteiger partial charge in [-0.15, -0.1) is 6.42 Å². The van der Waals surface area contributed by atoms with Crippen LogP contribution in [0.15, 0.2) is 54.7 Å². The molecule has 36 heavy (non-hydrogen) atoms. The smallest absolute Gasteiger partial charge is 0.298 e. The van der Waals surface area contributed by atoms with Crippen LogP contribution in [-0.4, -0.2) is 51.5 Å². The van der Waals surface area contributed by atoms with Crippen molar-refractivity contribution in [1.29, 1.82) is 0 Å². The number of carbonyl (C=O) groups excluding carboxylic acids is 2. The van der Waals surface area contributed by atoms with Crippen molar-refractivity contribution in [2.45, 2.75) is 18.8 Å². The fraction of sp³-hybridized carbons (Fsp3) is 0.222. The topological polar surface area (TPSA) is 115 Å². The van der Waals surface area contributed by atoms with Gasteiger partial charge < -0.3 is 20.1 Å². The first kappa shape index (κ1) is 23.1. The molecule has 1 fully saturated rings. The summed E-state index contributed by atoms with van der Waals surface area (Å²) in [6.45, 7) is 1.16. The number of aromatic amines is 1. The lowest BCUT2D eigenvalue weighted by atomic mass is 9.91. The van der Waals surface area contributed by atoms with Crippen molar-refractivity contribution in [3.05, 3.63) is 66.0 Å². The van der Waals surface area contributed by atoms with Crippen molar-refractivity contribution in [3.63, 3.8) is 0 Å². The summed E-state index contributed by atoms with van der Waals surface area (Å²) in [6, 6.07) is 14.7. The van der Waals surface area contributed by atoms with E-state index in [1.165, 1.54) is 0 Å². The number of hydrogen-bond acceptors (Lipinski definition) is 5. The summed E-state index contributed by atoms with van der Waals surface area (Å²) in [5.74, 6) is 3.31. The summed E-state index contributed by atoms with van der Waals surface area (Å²) in [4.78, 5) is 30.7. The number of aromatic nitrogens is 3. The number of primary amides is 1. The maximum atomic E-state index is 12.4. The van der Waals surface area contributed by atoms with E-state index in [0.717, 1.165) is 24.0 Å². The number of H-pyrrole nitrogens is 1. The molecule has 2 aromatic heterocycles. The Hall–Kier alpha value is -4.71. The molecule has 0 spiro atoms. The van der Waals surface area contributed by atoms with Crippen molar-refractivity contribution in [2.24, 2.45) is 5.73 Å². The second-order valence-corrected chi connectivity index (χ2v) is 8.55. The third-order valence-corrected chi connectivity index (χ3v) is 6.49. The number of nitrogens with zero attached hydrogens (tertiary/aromatic N) is 3. The first-order valence-electron chi connectivity index (χ1n) is 11.6. The number of carbonyl (C=O) groups is 2. The molecule has 182 valence electrons. The van der Waals surface area contributed by atoms with Gasteiger partial charge in [0.2, 0.25) is 0 Å². The van der Waals surface area contributed by atoms with Crippen LogP contribution in [0.1, 0.15) is 34.8 Å². The second-order valence-electron chi connectivity index (χ2n) is 8.55. The molecule has 1 saturated heterocycles. The van der Waals surface area contributed by atoms with Crippen LogP contribution >= 0.6 is 0 Å². The van der Waals surface area contributed by atoms with Gasteiger partial charge in [0.1, 0.15) is 11.4 Å². The molecule has 0 radical (unpaired) electrons. The Morgan fingerprint density at radius 2 is 1.81 bits per heavy atom. The minimum atomic E-state index is -0.588. The molecule has 0 saturated carbocycles. The third kappa shape index (κ3) is 4.14. The van der Waals surface area contributed by atoms with Crippen LogP contribution in [-0.2, 0) is 4.79 Å². The Labute approximate surface area is 207 Å². The van der Waals surface area contributed by atoms with Crippen LogP contribution in [0.25, 0.3) is 16.9 Å². The van der Waals surface area contributed by atoms with Crippen molar-refractivity contribution >= 4 is 17.5 Å². The van der Waals surface area contributed by atoms with E-state index in [4.69, 9.17) is 26.6 Å². The molecule has 0 unspecified atom stereocenters. The molecule has 0 bridgehead atoms. The number of fused-ring (bicyclic) bond motifs is 1. The summed E-state index contributed by atoms with van der Waals surface area (Å²) < 4.78 is 12.9. The van der Waals surface area contributed by atoms with Crippen LogP contribution in [0.2, 0.25) is 0 Å². The summed E-state index contributed by atoms with van der Waals surface area (Å²) in [6.07, 6.45) is 8.61. The highest BCUT2D eigenvalue weighted by atomic mass is 16.5. The maximum Gasteiger partial charge on any atom is 0.298 e.